The zero-order chi connectivity index (χ0) is 14.9. The second-order valence-electron chi connectivity index (χ2n) is 3.65. The quantitative estimate of drug-likeness (QED) is 0.826. The van der Waals surface area contributed by atoms with Crippen molar-refractivity contribution in [2.75, 3.05) is 4.72 Å². The van der Waals surface area contributed by atoms with E-state index >= 15 is 0 Å². The average molecular weight is 397 g/mol. The Morgan fingerprint density at radius 2 is 2.00 bits per heavy atom. The van der Waals surface area contributed by atoms with E-state index in [0.717, 1.165) is 0 Å². The highest BCUT2D eigenvalue weighted by molar-refractivity contribution is 9.10. The molecule has 1 aromatic carbocycles. The molecule has 1 aromatic heterocycles. The molecule has 0 aliphatic carbocycles. The molecule has 5 nitrogen and oxygen atoms in total. The fourth-order valence-corrected chi connectivity index (χ4v) is 4.21. The smallest absolute Gasteiger partial charge is 0.345 e. The van der Waals surface area contributed by atoms with E-state index in [4.69, 9.17) is 16.7 Å². The van der Waals surface area contributed by atoms with Crippen molar-refractivity contribution in [1.29, 1.82) is 0 Å². The first-order chi connectivity index (χ1) is 9.29. The summed E-state index contributed by atoms with van der Waals surface area (Å²) in [4.78, 5) is 10.7. The second kappa shape index (κ2) is 5.72. The number of sulfonamides is 1. The van der Waals surface area contributed by atoms with E-state index in [0.29, 0.717) is 20.8 Å². The lowest BCUT2D eigenvalue weighted by molar-refractivity contribution is 0.0702. The first-order valence-electron chi connectivity index (χ1n) is 5.10. The Kier molecular flexibility index (Phi) is 4.38. The van der Waals surface area contributed by atoms with Crippen molar-refractivity contribution in [3.05, 3.63) is 44.7 Å². The number of rotatable bonds is 4. The van der Waals surface area contributed by atoms with Gasteiger partial charge in [-0.05, 0) is 46.3 Å². The van der Waals surface area contributed by atoms with Crippen LogP contribution < -0.4 is 4.72 Å². The van der Waals surface area contributed by atoms with Gasteiger partial charge in [0.25, 0.3) is 10.0 Å². The predicted molar refractivity (Wildman–Crippen MR) is 81.2 cm³/mol. The maximum Gasteiger partial charge on any atom is 0.345 e. The summed E-state index contributed by atoms with van der Waals surface area (Å²) in [5.41, 5.74) is 0.280. The Morgan fingerprint density at radius 1 is 1.30 bits per heavy atom. The molecular formula is C11H7BrClNO4S2. The van der Waals surface area contributed by atoms with E-state index in [1.165, 1.54) is 18.2 Å². The Morgan fingerprint density at radius 3 is 2.60 bits per heavy atom. The second-order valence-corrected chi connectivity index (χ2v) is 7.94. The average Bonchev–Trinajstić information content (AvgIpc) is 2.84. The molecule has 1 heterocycles. The van der Waals surface area contributed by atoms with Crippen LogP contribution in [0.15, 0.2) is 39.0 Å². The fourth-order valence-electron chi connectivity index (χ4n) is 1.35. The zero-order valence-corrected chi connectivity index (χ0v) is 13.6. The van der Waals surface area contributed by atoms with E-state index in [1.54, 1.807) is 12.1 Å². The van der Waals surface area contributed by atoms with Gasteiger partial charge in [0.2, 0.25) is 0 Å². The van der Waals surface area contributed by atoms with Gasteiger partial charge < -0.3 is 5.11 Å². The molecule has 0 atom stereocenters. The van der Waals surface area contributed by atoms with Crippen molar-refractivity contribution in [3.63, 3.8) is 0 Å². The number of anilines is 1. The lowest BCUT2D eigenvalue weighted by Gasteiger charge is -2.08. The Bertz CT molecular complexity index is 772. The molecule has 0 spiro atoms. The van der Waals surface area contributed by atoms with Crippen molar-refractivity contribution in [1.82, 2.24) is 0 Å². The summed E-state index contributed by atoms with van der Waals surface area (Å²) < 4.78 is 27.1. The van der Waals surface area contributed by atoms with E-state index in [2.05, 4.69) is 20.7 Å². The third-order valence-electron chi connectivity index (χ3n) is 2.23. The van der Waals surface area contributed by atoms with Crippen LogP contribution in [0.4, 0.5) is 5.69 Å². The van der Waals surface area contributed by atoms with Crippen LogP contribution in [0.1, 0.15) is 9.67 Å². The first kappa shape index (κ1) is 15.3. The Labute approximate surface area is 132 Å². The van der Waals surface area contributed by atoms with Crippen molar-refractivity contribution < 1.29 is 18.3 Å². The third-order valence-corrected chi connectivity index (χ3v) is 6.09. The van der Waals surface area contributed by atoms with Crippen LogP contribution >= 0.6 is 38.9 Å². The number of benzene rings is 1. The van der Waals surface area contributed by atoms with Crippen LogP contribution in [0.2, 0.25) is 5.02 Å². The lowest BCUT2D eigenvalue weighted by Crippen LogP contribution is -2.11. The van der Waals surface area contributed by atoms with Crippen molar-refractivity contribution in [2.45, 2.75) is 4.21 Å². The summed E-state index contributed by atoms with van der Waals surface area (Å²) in [5.74, 6) is -1.17. The zero-order valence-electron chi connectivity index (χ0n) is 9.63. The molecule has 2 aromatic rings. The Balaban J connectivity index is 2.35. The standard InChI is InChI=1S/C11H7BrClNO4S2/c12-7-2-1-6(13)5-8(7)14-20(17,18)10-4-3-9(19-10)11(15)16/h1-5,14H,(H,15,16). The normalized spacial score (nSPS) is 11.3. The molecule has 0 saturated heterocycles. The monoisotopic (exact) mass is 395 g/mol. The minimum absolute atomic E-state index is 0.0458. The maximum atomic E-state index is 12.1. The number of halogens is 2. The number of hydrogen-bond acceptors (Lipinski definition) is 4. The minimum atomic E-state index is -3.85. The van der Waals surface area contributed by atoms with E-state index < -0.39 is 16.0 Å². The van der Waals surface area contributed by atoms with Crippen LogP contribution in [-0.2, 0) is 10.0 Å². The topological polar surface area (TPSA) is 83.5 Å². The van der Waals surface area contributed by atoms with Gasteiger partial charge in [0, 0.05) is 9.50 Å². The molecule has 0 amide bonds. The number of carbonyl (C=O) groups is 1. The molecular weight excluding hydrogens is 390 g/mol. The molecule has 0 bridgehead atoms. The molecule has 0 aliphatic rings. The van der Waals surface area contributed by atoms with Crippen LogP contribution in [0.3, 0.4) is 0 Å². The summed E-state index contributed by atoms with van der Waals surface area (Å²) >= 11 is 9.69. The molecule has 9 heteroatoms. The van der Waals surface area contributed by atoms with E-state index in [-0.39, 0.29) is 14.8 Å². The van der Waals surface area contributed by atoms with E-state index in [1.807, 2.05) is 0 Å². The van der Waals surface area contributed by atoms with Crippen molar-refractivity contribution in [3.8, 4) is 0 Å². The van der Waals surface area contributed by atoms with Gasteiger partial charge in [0.1, 0.15) is 9.09 Å². The van der Waals surface area contributed by atoms with E-state index in [9.17, 15) is 13.2 Å². The molecule has 2 rings (SSSR count). The Hall–Kier alpha value is -1.09. The largest absolute Gasteiger partial charge is 0.477 e. The van der Waals surface area contributed by atoms with Crippen molar-refractivity contribution >= 4 is 60.5 Å². The lowest BCUT2D eigenvalue weighted by atomic mass is 10.3. The minimum Gasteiger partial charge on any atom is -0.477 e. The van der Waals surface area contributed by atoms with Gasteiger partial charge >= 0.3 is 5.97 Å². The molecule has 0 aliphatic heterocycles. The van der Waals surface area contributed by atoms with Gasteiger partial charge in [-0.1, -0.05) is 11.6 Å². The highest BCUT2D eigenvalue weighted by Gasteiger charge is 2.20. The van der Waals surface area contributed by atoms with Crippen LogP contribution in [0, 0.1) is 0 Å². The number of carboxylic acids is 1. The summed E-state index contributed by atoms with van der Waals surface area (Å²) in [5, 5.41) is 9.18. The van der Waals surface area contributed by atoms with Gasteiger partial charge in [-0.15, -0.1) is 11.3 Å². The van der Waals surface area contributed by atoms with Crippen molar-refractivity contribution in [2.24, 2.45) is 0 Å². The summed E-state index contributed by atoms with van der Waals surface area (Å²) in [6, 6.07) is 7.16. The molecule has 20 heavy (non-hydrogen) atoms. The molecule has 2 N–H and O–H groups in total. The number of hydrogen-bond donors (Lipinski definition) is 2. The maximum absolute atomic E-state index is 12.1. The van der Waals surface area contributed by atoms with Crippen LogP contribution in [0.25, 0.3) is 0 Å². The summed E-state index contributed by atoms with van der Waals surface area (Å²) in [6.07, 6.45) is 0. The SMILES string of the molecule is O=C(O)c1ccc(S(=O)(=O)Nc2cc(Cl)ccc2Br)s1. The van der Waals surface area contributed by atoms with Gasteiger partial charge in [0.15, 0.2) is 0 Å². The number of aromatic carboxylic acids is 1. The molecule has 106 valence electrons. The summed E-state index contributed by atoms with van der Waals surface area (Å²) in [7, 11) is -3.85. The van der Waals surface area contributed by atoms with Gasteiger partial charge in [-0.3, -0.25) is 4.72 Å². The van der Waals surface area contributed by atoms with Gasteiger partial charge in [0.05, 0.1) is 5.69 Å². The third kappa shape index (κ3) is 3.32. The number of nitrogens with one attached hydrogen (secondary N) is 1. The van der Waals surface area contributed by atoms with Gasteiger partial charge in [-0.2, -0.15) is 0 Å². The molecule has 0 saturated carbocycles. The van der Waals surface area contributed by atoms with Crippen LogP contribution in [0.5, 0.6) is 0 Å². The molecule has 0 unspecified atom stereocenters. The summed E-state index contributed by atoms with van der Waals surface area (Å²) in [6.45, 7) is 0. The van der Waals surface area contributed by atoms with Crippen LogP contribution in [-0.4, -0.2) is 19.5 Å². The number of thiophene rings is 1. The predicted octanol–water partition coefficient (Wildman–Crippen LogP) is 3.66. The first-order valence-corrected chi connectivity index (χ1v) is 8.57. The van der Waals surface area contributed by atoms with Gasteiger partial charge in [-0.25, -0.2) is 13.2 Å². The highest BCUT2D eigenvalue weighted by Crippen LogP contribution is 2.30. The molecule has 0 fully saturated rings. The number of carboxylic acid groups (broad SMARTS) is 1. The molecule has 0 radical (unpaired) electrons. The fraction of sp³-hybridized carbons (Fsp3) is 0. The highest BCUT2D eigenvalue weighted by atomic mass is 79.9.